The average molecular weight is 1960 g/mol. The van der Waals surface area contributed by atoms with Crippen LogP contribution in [0.25, 0.3) is 188 Å². The molecular weight excluding hydrogens is 1820 g/mol. The lowest BCUT2D eigenvalue weighted by Crippen LogP contribution is -2.46. The van der Waals surface area contributed by atoms with E-state index in [2.05, 4.69) is 514 Å². The normalized spacial score (nSPS) is 12.8. The zero-order valence-corrected chi connectivity index (χ0v) is 95.1. The Kier molecular flexibility index (Phi) is 24.5. The van der Waals surface area contributed by atoms with Crippen molar-refractivity contribution in [2.45, 2.75) is 222 Å². The van der Waals surface area contributed by atoms with Crippen LogP contribution in [-0.4, -0.2) is 69.8 Å². The van der Waals surface area contributed by atoms with E-state index in [-0.39, 0.29) is 10.8 Å². The molecule has 23 aromatic rings. The smallest absolute Gasteiger partial charge is 0.255 e. The number of aromatic nitrogens is 12. The molecule has 23 rings (SSSR count). The van der Waals surface area contributed by atoms with E-state index in [1.807, 2.05) is 6.20 Å². The molecule has 0 saturated heterocycles. The molecule has 0 spiro atoms. The molecule has 0 amide bonds. The summed E-state index contributed by atoms with van der Waals surface area (Å²) in [6, 6.07) is 95.8. The van der Waals surface area contributed by atoms with Crippen LogP contribution in [0.2, 0.25) is 78.6 Å². The lowest BCUT2D eigenvalue weighted by Gasteiger charge is -2.39. The fourth-order valence-electron chi connectivity index (χ4n) is 26.1. The summed E-state index contributed by atoms with van der Waals surface area (Å²) in [5.41, 5.74) is 47.3. The molecule has 0 bridgehead atoms. The number of benzene rings is 11. The summed E-state index contributed by atoms with van der Waals surface area (Å²) in [6.07, 6.45) is 1.94. The number of aryl methyl sites for hydroxylation is 10. The van der Waals surface area contributed by atoms with Crippen LogP contribution in [0, 0.1) is 41.5 Å². The quantitative estimate of drug-likeness (QED) is 0.0734. The van der Waals surface area contributed by atoms with Crippen molar-refractivity contribution in [1.29, 1.82) is 0 Å². The molecule has 0 radical (unpaired) electrons. The van der Waals surface area contributed by atoms with Gasteiger partial charge in [0.05, 0.1) is 105 Å². The number of rotatable bonds is 11. The van der Waals surface area contributed by atoms with Gasteiger partial charge in [-0.3, -0.25) is 9.97 Å². The first-order valence-electron chi connectivity index (χ1n) is 52.0. The molecule has 728 valence electrons. The van der Waals surface area contributed by atoms with Gasteiger partial charge in [-0.2, -0.15) is 17.6 Å². The Hall–Kier alpha value is -13.2. The van der Waals surface area contributed by atoms with Gasteiger partial charge >= 0.3 is 0 Å². The van der Waals surface area contributed by atoms with E-state index in [1.54, 1.807) is 0 Å². The van der Waals surface area contributed by atoms with Crippen molar-refractivity contribution in [2.75, 3.05) is 0 Å². The number of nitrogens with zero attached hydrogens (tertiary/aromatic N) is 12. The fourth-order valence-corrected chi connectivity index (χ4v) is 51.6. The Morgan fingerprint density at radius 2 is 0.576 bits per heavy atom. The second-order valence-electron chi connectivity index (χ2n) is 48.3. The van der Waals surface area contributed by atoms with Gasteiger partial charge in [-0.15, -0.1) is 0 Å². The van der Waals surface area contributed by atoms with Gasteiger partial charge in [0.15, 0.2) is 44.1 Å². The minimum atomic E-state index is -1.62. The number of imidazole rings is 4. The SMILES string of the molecule is Cc1cc(-c2c(C(C)C)cccc2C(C)C)nc2c3c(C([Si](C)(C)C)[Si](C)(C)C)cccc3n3c4ccccc4[n+](C)c3c12.Cc1cc(C)c2c(n1)c1c(C(C)(C)C)cccc1n1c3ccccc3[n+](C)c21.Cc1cccc(-c2ccccc2)c1-c1cc(C)c2c(n1)c1c(C([Si](C)(C)C)[Si](C)(C)C)cccc1n1c3ccccc3[n+](C)c21.Cc1ccnc2c3c(C(C)(C)C)cccc3n3c4ccccc4[n+](C)c3c12. The molecule has 12 heterocycles. The van der Waals surface area contributed by atoms with Crippen LogP contribution in [0.1, 0.15) is 158 Å². The molecule has 144 heavy (non-hydrogen) atoms. The first kappa shape index (κ1) is 98.2. The first-order chi connectivity index (χ1) is 68.2. The molecule has 0 unspecified atom stereocenters. The zero-order chi connectivity index (χ0) is 102. The molecule has 0 aliphatic heterocycles. The molecule has 0 aliphatic rings. The van der Waals surface area contributed by atoms with Gasteiger partial charge < -0.3 is 0 Å². The highest BCUT2D eigenvalue weighted by Gasteiger charge is 2.44. The standard InChI is InChI=1S/C40H44N3Si2.C39H50N3Si2.C25H26N3.C24H24N3/c1-26-17-15-20-29(28-18-11-10-12-19-28)35(26)31-25-27(2)36-38(41-31)37-30(40(44(4,5)6)45(7,8)9)21-16-24-34(37)43-33-23-14-13-22-32(33)42(3)39(36)43;1-24(2)27-17-15-18-28(25(3)4)35(27)30-23-26(5)34-37(40-30)36-29(39(43(7,8)9)44(10,11)12)19-16-22-33(36)42-32-21-14-13-20-31(32)41(6)38(34)42;1-15-14-16(2)26-23-21(15)24-27(6)18-11-7-8-12-19(18)28(24)20-13-9-10-17(22(20)23)25(3,4)5;1-15-13-14-25-22-20(15)23-26(5)17-10-6-7-11-18(17)27(23)19-12-8-9-16(21(19)22)24(2,3)4/h10-25,40H,1-9H3;13-25,39H,1-12H3;7-14H,1-6H3;6-14H,1-5H3/q4*+1. The van der Waals surface area contributed by atoms with Crippen molar-refractivity contribution < 1.29 is 18.3 Å². The largest absolute Gasteiger partial charge is 0.297 e. The van der Waals surface area contributed by atoms with E-state index in [1.165, 1.54) is 215 Å². The summed E-state index contributed by atoms with van der Waals surface area (Å²) >= 11 is 0. The van der Waals surface area contributed by atoms with E-state index in [9.17, 15) is 0 Å². The first-order valence-corrected chi connectivity index (χ1v) is 66.3. The van der Waals surface area contributed by atoms with Gasteiger partial charge in [0.2, 0.25) is 0 Å². The summed E-state index contributed by atoms with van der Waals surface area (Å²) in [5, 5.41) is 11.4. The molecule has 0 atom stereocenters. The van der Waals surface area contributed by atoms with E-state index < -0.39 is 32.3 Å². The minimum absolute atomic E-state index is 0.0323. The van der Waals surface area contributed by atoms with E-state index in [4.69, 9.17) is 19.9 Å². The van der Waals surface area contributed by atoms with E-state index in [0.717, 1.165) is 39.1 Å². The number of pyridine rings is 8. The summed E-state index contributed by atoms with van der Waals surface area (Å²) in [5.74, 6) is 0.821. The number of fused-ring (bicyclic) bond motifs is 32. The maximum absolute atomic E-state index is 5.79. The van der Waals surface area contributed by atoms with Crippen molar-refractivity contribution in [1.82, 2.24) is 37.5 Å². The third-order valence-corrected chi connectivity index (χ3v) is 49.5. The predicted octanol–water partition coefficient (Wildman–Crippen LogP) is 31.8. The van der Waals surface area contributed by atoms with Crippen LogP contribution >= 0.6 is 0 Å². The highest BCUT2D eigenvalue weighted by molar-refractivity contribution is 6.97. The number of hydrogen-bond donors (Lipinski definition) is 0. The number of para-hydroxylation sites is 8. The van der Waals surface area contributed by atoms with Crippen LogP contribution in [-0.2, 0) is 39.0 Å². The van der Waals surface area contributed by atoms with Gasteiger partial charge in [0, 0.05) is 55.3 Å². The van der Waals surface area contributed by atoms with Crippen molar-refractivity contribution >= 4 is 186 Å². The molecule has 0 N–H and O–H groups in total. The molecule has 0 aliphatic carbocycles. The van der Waals surface area contributed by atoms with Crippen LogP contribution < -0.4 is 18.3 Å². The van der Waals surface area contributed by atoms with Crippen LogP contribution in [0.4, 0.5) is 0 Å². The Morgan fingerprint density at radius 3 is 0.951 bits per heavy atom. The monoisotopic (exact) mass is 1960 g/mol. The van der Waals surface area contributed by atoms with Crippen LogP contribution in [0.15, 0.2) is 267 Å². The Bertz CT molecular complexity index is 9170. The van der Waals surface area contributed by atoms with Crippen LogP contribution in [0.3, 0.4) is 0 Å². The highest BCUT2D eigenvalue weighted by Crippen LogP contribution is 2.50. The summed E-state index contributed by atoms with van der Waals surface area (Å²) in [4.78, 5) is 21.5. The second kappa shape index (κ2) is 35.9. The Balaban J connectivity index is 0.000000120. The molecule has 16 heteroatoms. The summed E-state index contributed by atoms with van der Waals surface area (Å²) in [7, 11) is 2.31. The Morgan fingerprint density at radius 1 is 0.271 bits per heavy atom. The summed E-state index contributed by atoms with van der Waals surface area (Å²) < 4.78 is 19.2. The van der Waals surface area contributed by atoms with Crippen molar-refractivity contribution in [2.24, 2.45) is 28.2 Å². The lowest BCUT2D eigenvalue weighted by atomic mass is 9.83. The molecule has 0 fully saturated rings. The second-order valence-corrected chi connectivity index (χ2v) is 70.7. The maximum Gasteiger partial charge on any atom is 0.297 e. The molecule has 12 nitrogen and oxygen atoms in total. The minimum Gasteiger partial charge on any atom is -0.255 e. The van der Waals surface area contributed by atoms with Gasteiger partial charge in [-0.1, -0.05) is 312 Å². The molecular formula is C128H144N12Si4+4. The lowest BCUT2D eigenvalue weighted by molar-refractivity contribution is -0.617. The van der Waals surface area contributed by atoms with E-state index >= 15 is 0 Å². The van der Waals surface area contributed by atoms with Crippen molar-refractivity contribution in [3.63, 3.8) is 0 Å². The van der Waals surface area contributed by atoms with Gasteiger partial charge in [-0.25, -0.2) is 28.2 Å². The molecule has 12 aromatic heterocycles. The summed E-state index contributed by atoms with van der Waals surface area (Å²) in [6.45, 7) is 67.0. The van der Waals surface area contributed by atoms with Crippen molar-refractivity contribution in [3.05, 3.63) is 334 Å². The van der Waals surface area contributed by atoms with Crippen molar-refractivity contribution in [3.8, 4) is 33.6 Å². The predicted molar refractivity (Wildman–Crippen MR) is 625 cm³/mol. The third kappa shape index (κ3) is 16.2. The molecule has 11 aromatic carbocycles. The topological polar surface area (TPSA) is 84.7 Å². The van der Waals surface area contributed by atoms with E-state index in [0.29, 0.717) is 22.2 Å². The zero-order valence-electron chi connectivity index (χ0n) is 91.1. The number of hydrogen-bond acceptors (Lipinski definition) is 4. The highest BCUT2D eigenvalue weighted by atomic mass is 28.4. The van der Waals surface area contributed by atoms with Gasteiger partial charge in [0.1, 0.15) is 22.1 Å². The van der Waals surface area contributed by atoms with Gasteiger partial charge in [0.25, 0.3) is 22.6 Å². The third-order valence-electron chi connectivity index (χ3n) is 31.0. The fraction of sp³-hybridized carbons (Fsp3) is 0.297. The van der Waals surface area contributed by atoms with Crippen LogP contribution in [0.5, 0.6) is 0 Å². The molecule has 0 saturated carbocycles. The maximum atomic E-state index is 5.79. The van der Waals surface area contributed by atoms with Gasteiger partial charge in [-0.05, 0) is 244 Å². The average Bonchev–Trinajstić information content (AvgIpc) is 1.30. The Labute approximate surface area is 853 Å².